The van der Waals surface area contributed by atoms with Crippen LogP contribution < -0.4 is 20.9 Å². The van der Waals surface area contributed by atoms with Gasteiger partial charge in [-0.25, -0.2) is 0 Å². The van der Waals surface area contributed by atoms with E-state index in [4.69, 9.17) is 46.8 Å². The van der Waals surface area contributed by atoms with Gasteiger partial charge in [-0.15, -0.1) is 11.6 Å². The van der Waals surface area contributed by atoms with Crippen molar-refractivity contribution in [3.8, 4) is 11.5 Å². The monoisotopic (exact) mass is 564 g/mol. The third-order valence-corrected chi connectivity index (χ3v) is 6.19. The topological polar surface area (TPSA) is 149 Å². The molecular weight excluding hydrogens is 528 g/mol. The van der Waals surface area contributed by atoms with Crippen LogP contribution in [0.2, 0.25) is 0 Å². The van der Waals surface area contributed by atoms with Crippen LogP contribution >= 0.6 is 11.6 Å². The first-order valence-electron chi connectivity index (χ1n) is 12.6. The fraction of sp³-hybridized carbons (Fsp3) is 0.464. The molecule has 39 heavy (non-hydrogen) atoms. The molecule has 0 amide bonds. The molecule has 0 radical (unpaired) electrons. The molecule has 4 N–H and O–H groups in total. The molecule has 0 heterocycles. The molecule has 214 valence electrons. The summed E-state index contributed by atoms with van der Waals surface area (Å²) in [6.07, 6.45) is -1.15. The van der Waals surface area contributed by atoms with Crippen LogP contribution in [0.25, 0.3) is 0 Å². The molecule has 0 bridgehead atoms. The number of rotatable bonds is 16. The number of ether oxygens (including phenoxy) is 5. The first kappa shape index (κ1) is 31.9. The van der Waals surface area contributed by atoms with E-state index in [9.17, 15) is 14.4 Å². The van der Waals surface area contributed by atoms with Crippen molar-refractivity contribution in [1.29, 1.82) is 0 Å². The van der Waals surface area contributed by atoms with Crippen LogP contribution in [0.4, 0.5) is 0 Å². The smallest absolute Gasteiger partial charge is 0.320 e. The number of benzene rings is 2. The molecule has 0 aliphatic carbocycles. The Labute approximate surface area is 233 Å². The van der Waals surface area contributed by atoms with Gasteiger partial charge in [0, 0.05) is 11.8 Å². The van der Waals surface area contributed by atoms with Crippen molar-refractivity contribution in [3.63, 3.8) is 0 Å². The second-order valence-electron chi connectivity index (χ2n) is 9.12. The SMILES string of the molecule is CCC(=O)OC(COC(=O)CN)COc1ccc(C(C)(C)c2ccc(OCC(CCl)OC(=O)CN)cc2)cc1. The highest BCUT2D eigenvalue weighted by atomic mass is 35.5. The van der Waals surface area contributed by atoms with Crippen LogP contribution in [0, 0.1) is 0 Å². The fourth-order valence-electron chi connectivity index (χ4n) is 3.45. The largest absolute Gasteiger partial charge is 0.490 e. The minimum atomic E-state index is -0.753. The van der Waals surface area contributed by atoms with Gasteiger partial charge in [0.25, 0.3) is 0 Å². The van der Waals surface area contributed by atoms with Gasteiger partial charge in [0.15, 0.2) is 6.10 Å². The van der Waals surface area contributed by atoms with Gasteiger partial charge in [0.1, 0.15) is 37.4 Å². The van der Waals surface area contributed by atoms with Crippen molar-refractivity contribution >= 4 is 29.5 Å². The summed E-state index contributed by atoms with van der Waals surface area (Å²) in [5, 5.41) is 0. The first-order chi connectivity index (χ1) is 18.6. The third kappa shape index (κ3) is 10.4. The molecule has 2 rings (SSSR count). The van der Waals surface area contributed by atoms with Gasteiger partial charge in [-0.1, -0.05) is 45.0 Å². The number of esters is 3. The Balaban J connectivity index is 1.99. The van der Waals surface area contributed by atoms with Crippen molar-refractivity contribution in [2.45, 2.75) is 44.8 Å². The summed E-state index contributed by atoms with van der Waals surface area (Å²) in [6, 6.07) is 15.2. The summed E-state index contributed by atoms with van der Waals surface area (Å²) in [7, 11) is 0. The van der Waals surface area contributed by atoms with E-state index in [1.54, 1.807) is 6.92 Å². The minimum Gasteiger partial charge on any atom is -0.490 e. The normalized spacial score (nSPS) is 12.7. The molecule has 2 unspecified atom stereocenters. The van der Waals surface area contributed by atoms with Crippen LogP contribution in [0.15, 0.2) is 48.5 Å². The molecular formula is C28H37ClN2O8. The predicted molar refractivity (Wildman–Crippen MR) is 146 cm³/mol. The summed E-state index contributed by atoms with van der Waals surface area (Å²) in [5.41, 5.74) is 12.3. The number of carbonyl (C=O) groups excluding carboxylic acids is 3. The van der Waals surface area contributed by atoms with E-state index in [0.29, 0.717) is 11.5 Å². The standard InChI is InChI=1S/C28H37ClN2O8/c1-4-25(32)39-24(18-37-26(33)14-30)17-36-22-11-7-20(8-12-22)28(2,3)19-5-9-21(10-6-19)35-16-23(13-29)38-27(34)15-31/h5-12,23-24H,4,13-18,30-31H2,1-3H3. The van der Waals surface area contributed by atoms with Crippen LogP contribution in [-0.2, 0) is 34.0 Å². The highest BCUT2D eigenvalue weighted by molar-refractivity contribution is 6.18. The van der Waals surface area contributed by atoms with Gasteiger partial charge in [0.05, 0.1) is 19.0 Å². The number of alkyl halides is 1. The second-order valence-corrected chi connectivity index (χ2v) is 9.43. The van der Waals surface area contributed by atoms with Gasteiger partial charge < -0.3 is 35.2 Å². The number of halogens is 1. The number of hydrogen-bond acceptors (Lipinski definition) is 10. The van der Waals surface area contributed by atoms with E-state index in [1.165, 1.54) is 0 Å². The third-order valence-electron chi connectivity index (χ3n) is 5.84. The molecule has 0 spiro atoms. The Bertz CT molecular complexity index is 1060. The lowest BCUT2D eigenvalue weighted by molar-refractivity contribution is -0.159. The molecule has 2 aromatic carbocycles. The number of hydrogen-bond donors (Lipinski definition) is 2. The van der Waals surface area contributed by atoms with Crippen LogP contribution in [0.1, 0.15) is 38.3 Å². The Morgan fingerprint density at radius 1 is 0.744 bits per heavy atom. The van der Waals surface area contributed by atoms with E-state index in [1.807, 2.05) is 48.5 Å². The molecule has 11 heteroatoms. The van der Waals surface area contributed by atoms with E-state index >= 15 is 0 Å². The van der Waals surface area contributed by atoms with Gasteiger partial charge >= 0.3 is 17.9 Å². The zero-order chi connectivity index (χ0) is 28.8. The van der Waals surface area contributed by atoms with Crippen molar-refractivity contribution in [3.05, 3.63) is 59.7 Å². The van der Waals surface area contributed by atoms with E-state index < -0.39 is 30.1 Å². The van der Waals surface area contributed by atoms with Gasteiger partial charge in [-0.3, -0.25) is 14.4 Å². The maximum atomic E-state index is 11.7. The lowest BCUT2D eigenvalue weighted by Crippen LogP contribution is -2.32. The molecule has 0 aliphatic rings. The summed E-state index contributed by atoms with van der Waals surface area (Å²) >= 11 is 5.84. The Hall–Kier alpha value is -3.34. The Kier molecular flexibility index (Phi) is 13.0. The summed E-state index contributed by atoms with van der Waals surface area (Å²) < 4.78 is 26.9. The minimum absolute atomic E-state index is 0.0177. The highest BCUT2D eigenvalue weighted by Crippen LogP contribution is 2.33. The second kappa shape index (κ2) is 15.9. The van der Waals surface area contributed by atoms with Gasteiger partial charge in [0.2, 0.25) is 0 Å². The van der Waals surface area contributed by atoms with Crippen molar-refractivity contribution in [1.82, 2.24) is 0 Å². The van der Waals surface area contributed by atoms with Crippen LogP contribution in [-0.4, -0.2) is 68.9 Å². The van der Waals surface area contributed by atoms with Gasteiger partial charge in [-0.2, -0.15) is 0 Å². The summed E-state index contributed by atoms with van der Waals surface area (Å²) in [5.74, 6) is -0.257. The highest BCUT2D eigenvalue weighted by Gasteiger charge is 2.24. The molecule has 0 saturated carbocycles. The van der Waals surface area contributed by atoms with E-state index in [2.05, 4.69) is 13.8 Å². The van der Waals surface area contributed by atoms with Gasteiger partial charge in [-0.05, 0) is 35.4 Å². The number of carbonyl (C=O) groups is 3. The molecule has 0 fully saturated rings. The first-order valence-corrected chi connectivity index (χ1v) is 13.1. The fourth-order valence-corrected chi connectivity index (χ4v) is 3.61. The lowest BCUT2D eigenvalue weighted by Gasteiger charge is -2.27. The van der Waals surface area contributed by atoms with Crippen LogP contribution in [0.5, 0.6) is 11.5 Å². The number of nitrogens with two attached hydrogens (primary N) is 2. The predicted octanol–water partition coefficient (Wildman–Crippen LogP) is 2.70. The average Bonchev–Trinajstić information content (AvgIpc) is 2.96. The van der Waals surface area contributed by atoms with Crippen LogP contribution in [0.3, 0.4) is 0 Å². The lowest BCUT2D eigenvalue weighted by atomic mass is 9.78. The molecule has 2 aromatic rings. The molecule has 10 nitrogen and oxygen atoms in total. The maximum Gasteiger partial charge on any atom is 0.320 e. The van der Waals surface area contributed by atoms with Crippen molar-refractivity contribution in [2.75, 3.05) is 38.8 Å². The zero-order valence-corrected chi connectivity index (χ0v) is 23.3. The van der Waals surface area contributed by atoms with E-state index in [0.717, 1.165) is 11.1 Å². The Morgan fingerprint density at radius 3 is 1.64 bits per heavy atom. The average molecular weight is 565 g/mol. The molecule has 0 aromatic heterocycles. The molecule has 0 aliphatic heterocycles. The van der Waals surface area contributed by atoms with E-state index in [-0.39, 0.29) is 50.6 Å². The molecule has 2 atom stereocenters. The molecule has 0 saturated heterocycles. The van der Waals surface area contributed by atoms with Crippen molar-refractivity contribution < 1.29 is 38.1 Å². The maximum absolute atomic E-state index is 11.7. The quantitative estimate of drug-likeness (QED) is 0.177. The zero-order valence-electron chi connectivity index (χ0n) is 22.5. The summed E-state index contributed by atoms with van der Waals surface area (Å²) in [4.78, 5) is 34.5. The summed E-state index contributed by atoms with van der Waals surface area (Å²) in [6.45, 7) is 5.39. The van der Waals surface area contributed by atoms with Crippen molar-refractivity contribution in [2.24, 2.45) is 11.5 Å². The Morgan fingerprint density at radius 2 is 1.21 bits per heavy atom.